The number of aromatic nitrogens is 2. The van der Waals surface area contributed by atoms with Crippen LogP contribution in [-0.4, -0.2) is 10.2 Å². The number of aromatic amines is 1. The molecule has 0 aliphatic heterocycles. The van der Waals surface area contributed by atoms with Crippen LogP contribution in [0.2, 0.25) is 0 Å². The van der Waals surface area contributed by atoms with Crippen LogP contribution in [0.1, 0.15) is 22.4 Å². The molecule has 5 heteroatoms. The number of nitrogens with one attached hydrogen (secondary N) is 1. The average molecular weight is 300 g/mol. The minimum atomic E-state index is -4.37. The van der Waals surface area contributed by atoms with Crippen molar-refractivity contribution in [3.63, 3.8) is 0 Å². The second-order valence-corrected chi connectivity index (χ2v) is 4.95. The fourth-order valence-electron chi connectivity index (χ4n) is 2.21. The predicted octanol–water partition coefficient (Wildman–Crippen LogP) is 4.29. The first-order valence-electron chi connectivity index (χ1n) is 6.57. The molecule has 0 spiro atoms. The zero-order valence-corrected chi connectivity index (χ0v) is 11.6. The molecule has 2 aromatic carbocycles. The molecule has 3 rings (SSSR count). The molecule has 0 radical (unpaired) electrons. The molecule has 1 heterocycles. The minimum absolute atomic E-state index is 0.325. The van der Waals surface area contributed by atoms with E-state index in [9.17, 15) is 13.2 Å². The summed E-state index contributed by atoms with van der Waals surface area (Å²) >= 11 is 0. The van der Waals surface area contributed by atoms with Crippen molar-refractivity contribution in [3.05, 3.63) is 64.8 Å². The van der Waals surface area contributed by atoms with Gasteiger partial charge < -0.3 is 0 Å². The Morgan fingerprint density at radius 1 is 1.05 bits per heavy atom. The topological polar surface area (TPSA) is 28.7 Å². The zero-order valence-electron chi connectivity index (χ0n) is 11.6. The molecule has 0 fully saturated rings. The summed E-state index contributed by atoms with van der Waals surface area (Å²) < 4.78 is 38.4. The van der Waals surface area contributed by atoms with Gasteiger partial charge in [-0.25, -0.2) is 0 Å². The van der Waals surface area contributed by atoms with Crippen molar-refractivity contribution in [3.8, 4) is 11.8 Å². The second kappa shape index (κ2) is 5.23. The maximum absolute atomic E-state index is 12.8. The Morgan fingerprint density at radius 3 is 2.59 bits per heavy atom. The number of nitrogens with zero attached hydrogens (tertiary/aromatic N) is 1. The summed E-state index contributed by atoms with van der Waals surface area (Å²) in [5.74, 6) is 5.63. The maximum atomic E-state index is 12.8. The molecule has 110 valence electrons. The lowest BCUT2D eigenvalue weighted by molar-refractivity contribution is -0.137. The molecule has 1 aromatic heterocycles. The molecule has 0 saturated carbocycles. The van der Waals surface area contributed by atoms with E-state index < -0.39 is 11.7 Å². The molecule has 0 aliphatic carbocycles. The minimum Gasteiger partial charge on any atom is -0.269 e. The van der Waals surface area contributed by atoms with Crippen LogP contribution in [-0.2, 0) is 6.18 Å². The molecule has 0 atom stereocenters. The Kier molecular flexibility index (Phi) is 3.38. The molecule has 2 nitrogen and oxygen atoms in total. The highest BCUT2D eigenvalue weighted by Gasteiger charge is 2.30. The number of aryl methyl sites for hydroxylation is 1. The molecular formula is C17H11F3N2. The van der Waals surface area contributed by atoms with Gasteiger partial charge in [-0.3, -0.25) is 5.10 Å². The van der Waals surface area contributed by atoms with Crippen molar-refractivity contribution in [2.24, 2.45) is 0 Å². The van der Waals surface area contributed by atoms with Crippen molar-refractivity contribution in [1.82, 2.24) is 10.2 Å². The van der Waals surface area contributed by atoms with Crippen molar-refractivity contribution in [2.45, 2.75) is 13.1 Å². The van der Waals surface area contributed by atoms with Crippen LogP contribution in [0.15, 0.2) is 42.5 Å². The highest BCUT2D eigenvalue weighted by Crippen LogP contribution is 2.30. The Morgan fingerprint density at radius 2 is 1.82 bits per heavy atom. The van der Waals surface area contributed by atoms with E-state index in [1.165, 1.54) is 0 Å². The average Bonchev–Trinajstić information content (AvgIpc) is 2.87. The van der Waals surface area contributed by atoms with Crippen LogP contribution in [0, 0.1) is 18.8 Å². The summed E-state index contributed by atoms with van der Waals surface area (Å²) in [6, 6.07) is 11.2. The Hall–Kier alpha value is -2.74. The van der Waals surface area contributed by atoms with Gasteiger partial charge in [-0.05, 0) is 48.7 Å². The monoisotopic (exact) mass is 300 g/mol. The highest BCUT2D eigenvalue weighted by atomic mass is 19.4. The number of hydrogen-bond acceptors (Lipinski definition) is 1. The summed E-state index contributed by atoms with van der Waals surface area (Å²) in [4.78, 5) is 0. The van der Waals surface area contributed by atoms with Crippen LogP contribution in [0.25, 0.3) is 10.9 Å². The first kappa shape index (κ1) is 14.2. The van der Waals surface area contributed by atoms with Gasteiger partial charge in [-0.2, -0.15) is 18.3 Å². The molecule has 22 heavy (non-hydrogen) atoms. The third-order valence-electron chi connectivity index (χ3n) is 3.20. The SMILES string of the molecule is Cc1cc(C#Cc2[nH]nc3ccccc23)cc(C(F)(F)F)c1. The Balaban J connectivity index is 2.02. The third kappa shape index (κ3) is 2.82. The number of benzene rings is 2. The Labute approximate surface area is 125 Å². The largest absolute Gasteiger partial charge is 0.416 e. The maximum Gasteiger partial charge on any atom is 0.416 e. The van der Waals surface area contributed by atoms with E-state index in [1.54, 1.807) is 13.0 Å². The van der Waals surface area contributed by atoms with Crippen molar-refractivity contribution < 1.29 is 13.2 Å². The summed E-state index contributed by atoms with van der Waals surface area (Å²) in [6.45, 7) is 1.62. The van der Waals surface area contributed by atoms with E-state index in [0.717, 1.165) is 23.0 Å². The molecule has 0 bridgehead atoms. The van der Waals surface area contributed by atoms with Crippen molar-refractivity contribution >= 4 is 10.9 Å². The molecule has 3 aromatic rings. The zero-order chi connectivity index (χ0) is 15.7. The van der Waals surface area contributed by atoms with Crippen molar-refractivity contribution in [2.75, 3.05) is 0 Å². The number of fused-ring (bicyclic) bond motifs is 1. The number of hydrogen-bond donors (Lipinski definition) is 1. The highest BCUT2D eigenvalue weighted by molar-refractivity contribution is 5.83. The van der Waals surface area contributed by atoms with E-state index in [0.29, 0.717) is 16.8 Å². The standard InChI is InChI=1S/C17H11F3N2/c1-11-8-12(10-13(9-11)17(18,19)20)6-7-16-14-4-2-3-5-15(14)21-22-16/h2-5,8-10H,1H3,(H,21,22). The summed E-state index contributed by atoms with van der Waals surface area (Å²) in [5.41, 5.74) is 1.52. The van der Waals surface area contributed by atoms with E-state index in [1.807, 2.05) is 24.3 Å². The fourth-order valence-corrected chi connectivity index (χ4v) is 2.21. The predicted molar refractivity (Wildman–Crippen MR) is 78.3 cm³/mol. The lowest BCUT2D eigenvalue weighted by atomic mass is 10.1. The third-order valence-corrected chi connectivity index (χ3v) is 3.20. The second-order valence-electron chi connectivity index (χ2n) is 4.95. The summed E-state index contributed by atoms with van der Waals surface area (Å²) in [6.07, 6.45) is -4.37. The van der Waals surface area contributed by atoms with Crippen molar-refractivity contribution in [1.29, 1.82) is 0 Å². The molecule has 0 saturated heterocycles. The number of para-hydroxylation sites is 1. The molecular weight excluding hydrogens is 289 g/mol. The van der Waals surface area contributed by atoms with Crippen LogP contribution in [0.5, 0.6) is 0 Å². The quantitative estimate of drug-likeness (QED) is 0.616. The van der Waals surface area contributed by atoms with E-state index in [2.05, 4.69) is 22.0 Å². The molecule has 0 unspecified atom stereocenters. The van der Waals surface area contributed by atoms with Crippen LogP contribution >= 0.6 is 0 Å². The van der Waals surface area contributed by atoms with Crippen LogP contribution in [0.3, 0.4) is 0 Å². The van der Waals surface area contributed by atoms with Crippen LogP contribution in [0.4, 0.5) is 13.2 Å². The fraction of sp³-hybridized carbons (Fsp3) is 0.118. The van der Waals surface area contributed by atoms with Crippen LogP contribution < -0.4 is 0 Å². The van der Waals surface area contributed by atoms with Gasteiger partial charge in [-0.1, -0.05) is 18.1 Å². The smallest absolute Gasteiger partial charge is 0.269 e. The number of alkyl halides is 3. The van der Waals surface area contributed by atoms with Gasteiger partial charge >= 0.3 is 6.18 Å². The van der Waals surface area contributed by atoms with E-state index in [4.69, 9.17) is 0 Å². The first-order valence-corrected chi connectivity index (χ1v) is 6.57. The van der Waals surface area contributed by atoms with Gasteiger partial charge in [-0.15, -0.1) is 0 Å². The van der Waals surface area contributed by atoms with Gasteiger partial charge in [0, 0.05) is 10.9 Å². The molecule has 0 amide bonds. The van der Waals surface area contributed by atoms with Gasteiger partial charge in [0.2, 0.25) is 0 Å². The number of halogens is 3. The van der Waals surface area contributed by atoms with Gasteiger partial charge in [0.05, 0.1) is 11.1 Å². The summed E-state index contributed by atoms with van der Waals surface area (Å²) in [7, 11) is 0. The van der Waals surface area contributed by atoms with Gasteiger partial charge in [0.15, 0.2) is 0 Å². The van der Waals surface area contributed by atoms with Gasteiger partial charge in [0.25, 0.3) is 0 Å². The molecule has 0 aliphatic rings. The van der Waals surface area contributed by atoms with E-state index >= 15 is 0 Å². The summed E-state index contributed by atoms with van der Waals surface area (Å²) in [5, 5.41) is 7.74. The Bertz CT molecular complexity index is 895. The normalized spacial score (nSPS) is 11.3. The molecule has 1 N–H and O–H groups in total. The lowest BCUT2D eigenvalue weighted by Gasteiger charge is -2.07. The lowest BCUT2D eigenvalue weighted by Crippen LogP contribution is -2.05. The first-order chi connectivity index (χ1) is 10.4. The van der Waals surface area contributed by atoms with Gasteiger partial charge in [0.1, 0.15) is 5.69 Å². The number of H-pyrrole nitrogens is 1. The number of rotatable bonds is 0. The van der Waals surface area contributed by atoms with E-state index in [-0.39, 0.29) is 0 Å².